The molecule has 28 heavy (non-hydrogen) atoms. The lowest BCUT2D eigenvalue weighted by molar-refractivity contribution is -0.332. The van der Waals surface area contributed by atoms with Gasteiger partial charge in [0.05, 0.1) is 11.5 Å². The second-order valence-corrected chi connectivity index (χ2v) is 7.74. The second kappa shape index (κ2) is 8.41. The third-order valence-corrected chi connectivity index (χ3v) is 4.95. The SMILES string of the molecule is CC(C)C(OC(=O)c1ccc(OC2(C)CCCC2)cc1)C(C(=O)[O-])C(F)(F)F. The number of carboxylic acid groups (broad SMARTS) is 1. The highest BCUT2D eigenvalue weighted by atomic mass is 19.4. The molecule has 1 aromatic rings. The van der Waals surface area contributed by atoms with Crippen LogP contribution in [-0.2, 0) is 9.53 Å². The highest BCUT2D eigenvalue weighted by Crippen LogP contribution is 2.35. The van der Waals surface area contributed by atoms with Crippen molar-refractivity contribution >= 4 is 11.9 Å². The van der Waals surface area contributed by atoms with Crippen LogP contribution in [-0.4, -0.2) is 29.8 Å². The Morgan fingerprint density at radius 2 is 1.64 bits per heavy atom. The molecule has 1 aliphatic rings. The summed E-state index contributed by atoms with van der Waals surface area (Å²) in [6.45, 7) is 4.70. The number of carbonyl (C=O) groups excluding carboxylic acids is 2. The van der Waals surface area contributed by atoms with Gasteiger partial charge in [0.2, 0.25) is 0 Å². The molecule has 0 spiro atoms. The molecule has 1 aromatic carbocycles. The van der Waals surface area contributed by atoms with Crippen LogP contribution in [0.2, 0.25) is 0 Å². The van der Waals surface area contributed by atoms with Crippen LogP contribution in [0.1, 0.15) is 56.8 Å². The molecule has 1 saturated carbocycles. The summed E-state index contributed by atoms with van der Waals surface area (Å²) in [5.41, 5.74) is -0.257. The summed E-state index contributed by atoms with van der Waals surface area (Å²) >= 11 is 0. The van der Waals surface area contributed by atoms with Crippen LogP contribution in [0.5, 0.6) is 5.75 Å². The van der Waals surface area contributed by atoms with Gasteiger partial charge in [0.15, 0.2) is 0 Å². The molecule has 5 nitrogen and oxygen atoms in total. The van der Waals surface area contributed by atoms with Gasteiger partial charge in [-0.15, -0.1) is 0 Å². The van der Waals surface area contributed by atoms with E-state index in [9.17, 15) is 27.9 Å². The molecule has 0 bridgehead atoms. The monoisotopic (exact) mass is 401 g/mol. The maximum atomic E-state index is 13.1. The Labute approximate surface area is 161 Å². The highest BCUT2D eigenvalue weighted by molar-refractivity contribution is 5.90. The van der Waals surface area contributed by atoms with Gasteiger partial charge >= 0.3 is 12.1 Å². The molecular formula is C20H24F3O5-. The minimum absolute atomic E-state index is 0.00819. The first kappa shape index (κ1) is 22.0. The smallest absolute Gasteiger partial charge is 0.400 e. The summed E-state index contributed by atoms with van der Waals surface area (Å²) in [5.74, 6) is -6.59. The number of carboxylic acids is 1. The summed E-state index contributed by atoms with van der Waals surface area (Å²) in [7, 11) is 0. The quantitative estimate of drug-likeness (QED) is 0.654. The Hall–Kier alpha value is -2.25. The van der Waals surface area contributed by atoms with Gasteiger partial charge in [0, 0.05) is 0 Å². The van der Waals surface area contributed by atoms with Crippen molar-refractivity contribution in [2.75, 3.05) is 0 Å². The zero-order chi connectivity index (χ0) is 21.1. The average Bonchev–Trinajstić information content (AvgIpc) is 2.99. The van der Waals surface area contributed by atoms with Crippen molar-refractivity contribution in [3.05, 3.63) is 29.8 Å². The number of carbonyl (C=O) groups is 2. The molecule has 2 rings (SSSR count). The van der Waals surface area contributed by atoms with Gasteiger partial charge < -0.3 is 19.4 Å². The number of halogens is 3. The summed E-state index contributed by atoms with van der Waals surface area (Å²) in [6.07, 6.45) is -2.98. The predicted molar refractivity (Wildman–Crippen MR) is 92.5 cm³/mol. The van der Waals surface area contributed by atoms with Gasteiger partial charge in [0.25, 0.3) is 0 Å². The van der Waals surface area contributed by atoms with Gasteiger partial charge in [-0.3, -0.25) is 0 Å². The number of benzene rings is 1. The zero-order valence-corrected chi connectivity index (χ0v) is 16.0. The van der Waals surface area contributed by atoms with E-state index < -0.39 is 36.1 Å². The molecule has 8 heteroatoms. The lowest BCUT2D eigenvalue weighted by atomic mass is 9.92. The van der Waals surface area contributed by atoms with Gasteiger partial charge in [0.1, 0.15) is 23.4 Å². The molecule has 0 aromatic heterocycles. The summed E-state index contributed by atoms with van der Waals surface area (Å²) in [4.78, 5) is 23.3. The standard InChI is InChI=1S/C20H25F3O5/c1-12(2)16(15(17(24)25)20(21,22)23)27-18(26)13-6-8-14(9-7-13)28-19(3)10-4-5-11-19/h6-9,12,15-16H,4-5,10-11H2,1-3H3,(H,24,25)/p-1. The Morgan fingerprint density at radius 1 is 1.11 bits per heavy atom. The van der Waals surface area contributed by atoms with E-state index in [4.69, 9.17) is 9.47 Å². The van der Waals surface area contributed by atoms with Crippen molar-refractivity contribution in [2.45, 2.75) is 64.3 Å². The molecule has 1 fully saturated rings. The summed E-state index contributed by atoms with van der Waals surface area (Å²) in [5, 5.41) is 11.0. The molecular weight excluding hydrogens is 377 g/mol. The normalized spacial score (nSPS) is 18.5. The first-order valence-corrected chi connectivity index (χ1v) is 9.20. The maximum absolute atomic E-state index is 13.1. The lowest BCUT2D eigenvalue weighted by Gasteiger charge is -2.32. The molecule has 0 amide bonds. The van der Waals surface area contributed by atoms with E-state index in [1.807, 2.05) is 6.92 Å². The van der Waals surface area contributed by atoms with E-state index in [0.29, 0.717) is 5.75 Å². The minimum Gasteiger partial charge on any atom is -0.549 e. The van der Waals surface area contributed by atoms with E-state index in [-0.39, 0.29) is 11.2 Å². The summed E-state index contributed by atoms with van der Waals surface area (Å²) in [6, 6.07) is 5.86. The van der Waals surface area contributed by atoms with Crippen LogP contribution in [0.25, 0.3) is 0 Å². The maximum Gasteiger partial charge on any atom is 0.400 e. The first-order valence-electron chi connectivity index (χ1n) is 9.20. The van der Waals surface area contributed by atoms with Crippen molar-refractivity contribution < 1.29 is 37.3 Å². The minimum atomic E-state index is -5.09. The van der Waals surface area contributed by atoms with Crippen molar-refractivity contribution in [2.24, 2.45) is 11.8 Å². The second-order valence-electron chi connectivity index (χ2n) is 7.74. The molecule has 0 radical (unpaired) electrons. The Bertz CT molecular complexity index is 691. The van der Waals surface area contributed by atoms with Crippen molar-refractivity contribution in [3.63, 3.8) is 0 Å². The highest BCUT2D eigenvalue weighted by Gasteiger charge is 2.48. The molecule has 0 aliphatic heterocycles. The first-order chi connectivity index (χ1) is 12.9. The fourth-order valence-electron chi connectivity index (χ4n) is 3.40. The fourth-order valence-corrected chi connectivity index (χ4v) is 3.40. The van der Waals surface area contributed by atoms with Crippen LogP contribution in [0.3, 0.4) is 0 Å². The lowest BCUT2D eigenvalue weighted by Crippen LogP contribution is -2.50. The third kappa shape index (κ3) is 5.39. The van der Waals surface area contributed by atoms with Crippen LogP contribution in [0.15, 0.2) is 24.3 Å². The van der Waals surface area contributed by atoms with E-state index in [2.05, 4.69) is 0 Å². The average molecular weight is 401 g/mol. The molecule has 156 valence electrons. The van der Waals surface area contributed by atoms with E-state index >= 15 is 0 Å². The topological polar surface area (TPSA) is 75.7 Å². The van der Waals surface area contributed by atoms with Gasteiger partial charge in [-0.1, -0.05) is 13.8 Å². The molecule has 0 heterocycles. The Kier molecular flexibility index (Phi) is 6.62. The van der Waals surface area contributed by atoms with Gasteiger partial charge in [-0.25, -0.2) is 4.79 Å². The van der Waals surface area contributed by atoms with E-state index in [1.54, 1.807) is 12.1 Å². The Morgan fingerprint density at radius 3 is 2.07 bits per heavy atom. The molecule has 0 saturated heterocycles. The number of aliphatic carboxylic acids is 1. The van der Waals surface area contributed by atoms with E-state index in [1.165, 1.54) is 26.0 Å². The Balaban J connectivity index is 2.12. The number of hydrogen-bond donors (Lipinski definition) is 0. The number of alkyl halides is 3. The number of esters is 1. The molecule has 2 unspecified atom stereocenters. The number of ether oxygens (including phenoxy) is 2. The molecule has 2 atom stereocenters. The van der Waals surface area contributed by atoms with Crippen molar-refractivity contribution in [1.29, 1.82) is 0 Å². The predicted octanol–water partition coefficient (Wildman–Crippen LogP) is 3.51. The third-order valence-electron chi connectivity index (χ3n) is 4.95. The zero-order valence-electron chi connectivity index (χ0n) is 16.0. The van der Waals surface area contributed by atoms with Gasteiger partial charge in [-0.05, 0) is 62.8 Å². The molecule has 1 aliphatic carbocycles. The van der Waals surface area contributed by atoms with Crippen LogP contribution < -0.4 is 9.84 Å². The summed E-state index contributed by atoms with van der Waals surface area (Å²) < 4.78 is 50.1. The fraction of sp³-hybridized carbons (Fsp3) is 0.600. The largest absolute Gasteiger partial charge is 0.549 e. The molecule has 0 N–H and O–H groups in total. The van der Waals surface area contributed by atoms with Crippen LogP contribution >= 0.6 is 0 Å². The number of hydrogen-bond acceptors (Lipinski definition) is 5. The van der Waals surface area contributed by atoms with E-state index in [0.717, 1.165) is 25.7 Å². The number of rotatable bonds is 7. The van der Waals surface area contributed by atoms with Gasteiger partial charge in [-0.2, -0.15) is 13.2 Å². The van der Waals surface area contributed by atoms with Crippen molar-refractivity contribution in [3.8, 4) is 5.75 Å². The van der Waals surface area contributed by atoms with Crippen LogP contribution in [0, 0.1) is 11.8 Å². The van der Waals surface area contributed by atoms with Crippen molar-refractivity contribution in [1.82, 2.24) is 0 Å². The van der Waals surface area contributed by atoms with Crippen LogP contribution in [0.4, 0.5) is 13.2 Å².